The third-order valence-electron chi connectivity index (χ3n) is 4.05. The van der Waals surface area contributed by atoms with E-state index in [1.165, 1.54) is 24.3 Å². The molecular weight excluding hydrogens is 234 g/mol. The molecule has 4 heteroatoms. The van der Waals surface area contributed by atoms with Crippen LogP contribution in [0.2, 0.25) is 0 Å². The molecule has 2 atom stereocenters. The molecule has 0 aromatic rings. The Morgan fingerprint density at radius 1 is 1.47 bits per heavy atom. The second-order valence-corrected chi connectivity index (χ2v) is 6.80. The molecule has 2 heterocycles. The van der Waals surface area contributed by atoms with Crippen LogP contribution in [0.4, 0.5) is 0 Å². The molecule has 2 aliphatic rings. The molecule has 3 nitrogen and oxygen atoms in total. The van der Waals surface area contributed by atoms with Gasteiger partial charge in [-0.05, 0) is 51.2 Å². The summed E-state index contributed by atoms with van der Waals surface area (Å²) in [5, 5.41) is 9.48. The van der Waals surface area contributed by atoms with Gasteiger partial charge in [0.1, 0.15) is 0 Å². The van der Waals surface area contributed by atoms with Crippen molar-refractivity contribution in [2.24, 2.45) is 0 Å². The van der Waals surface area contributed by atoms with E-state index in [2.05, 4.69) is 11.9 Å². The van der Waals surface area contributed by atoms with E-state index >= 15 is 0 Å². The Hall–Kier alpha value is 0.230. The Morgan fingerprint density at radius 3 is 2.82 bits per heavy atom. The monoisotopic (exact) mass is 259 g/mol. The van der Waals surface area contributed by atoms with Crippen LogP contribution in [0.3, 0.4) is 0 Å². The first-order valence-electron chi connectivity index (χ1n) is 6.71. The van der Waals surface area contributed by atoms with E-state index in [4.69, 9.17) is 4.74 Å². The molecular formula is C13H25NO2S. The van der Waals surface area contributed by atoms with Crippen molar-refractivity contribution >= 4 is 11.8 Å². The van der Waals surface area contributed by atoms with Gasteiger partial charge in [0.2, 0.25) is 0 Å². The zero-order chi connectivity index (χ0) is 12.3. The molecule has 0 saturated carbocycles. The van der Waals surface area contributed by atoms with Crippen LogP contribution in [0, 0.1) is 0 Å². The van der Waals surface area contributed by atoms with Crippen molar-refractivity contribution < 1.29 is 9.84 Å². The largest absolute Gasteiger partial charge is 0.392 e. The fraction of sp³-hybridized carbons (Fsp3) is 1.00. The summed E-state index contributed by atoms with van der Waals surface area (Å²) in [6, 6.07) is 0.585. The molecule has 0 aromatic carbocycles. The maximum absolute atomic E-state index is 9.48. The third kappa shape index (κ3) is 3.60. The van der Waals surface area contributed by atoms with E-state index in [9.17, 15) is 5.11 Å². The van der Waals surface area contributed by atoms with Gasteiger partial charge in [-0.25, -0.2) is 0 Å². The number of aliphatic hydroxyl groups excluding tert-OH is 1. The van der Waals surface area contributed by atoms with Crippen LogP contribution in [-0.4, -0.2) is 59.5 Å². The molecule has 2 fully saturated rings. The van der Waals surface area contributed by atoms with Crippen molar-refractivity contribution in [3.05, 3.63) is 0 Å². The van der Waals surface area contributed by atoms with E-state index in [1.54, 1.807) is 0 Å². The summed E-state index contributed by atoms with van der Waals surface area (Å²) in [5.41, 5.74) is 0.154. The van der Waals surface area contributed by atoms with Crippen molar-refractivity contribution in [1.82, 2.24) is 4.90 Å². The zero-order valence-electron chi connectivity index (χ0n) is 11.0. The lowest BCUT2D eigenvalue weighted by Crippen LogP contribution is -2.50. The van der Waals surface area contributed by atoms with Crippen LogP contribution in [0.1, 0.15) is 32.6 Å². The van der Waals surface area contributed by atoms with Crippen LogP contribution in [0.15, 0.2) is 0 Å². The summed E-state index contributed by atoms with van der Waals surface area (Å²) in [5.74, 6) is 2.49. The Balaban J connectivity index is 1.91. The summed E-state index contributed by atoms with van der Waals surface area (Å²) in [6.45, 7) is 3.53. The third-order valence-corrected chi connectivity index (χ3v) is 5.03. The van der Waals surface area contributed by atoms with E-state index in [-0.39, 0.29) is 11.7 Å². The van der Waals surface area contributed by atoms with Crippen molar-refractivity contribution in [2.75, 3.05) is 31.7 Å². The van der Waals surface area contributed by atoms with Gasteiger partial charge < -0.3 is 14.7 Å². The first-order valence-corrected chi connectivity index (χ1v) is 7.87. The Morgan fingerprint density at radius 2 is 2.18 bits per heavy atom. The van der Waals surface area contributed by atoms with E-state index in [0.29, 0.717) is 6.04 Å². The minimum atomic E-state index is -0.235. The summed E-state index contributed by atoms with van der Waals surface area (Å²) in [4.78, 5) is 2.32. The molecule has 0 radical (unpaired) electrons. The molecule has 2 saturated heterocycles. The summed E-state index contributed by atoms with van der Waals surface area (Å²) in [7, 11) is 2.13. The number of thioether (sulfide) groups is 1. The van der Waals surface area contributed by atoms with E-state index < -0.39 is 0 Å². The second kappa shape index (κ2) is 5.91. The summed E-state index contributed by atoms with van der Waals surface area (Å²) < 4.78 is 6.09. The maximum Gasteiger partial charge on any atom is 0.0713 e. The van der Waals surface area contributed by atoms with Gasteiger partial charge in [0.25, 0.3) is 0 Å². The molecule has 17 heavy (non-hydrogen) atoms. The van der Waals surface area contributed by atoms with E-state index in [0.717, 1.165) is 26.0 Å². The quantitative estimate of drug-likeness (QED) is 0.837. The first-order chi connectivity index (χ1) is 8.11. The summed E-state index contributed by atoms with van der Waals surface area (Å²) >= 11 is 2.05. The Labute approximate surface area is 109 Å². The van der Waals surface area contributed by atoms with Crippen LogP contribution in [-0.2, 0) is 4.74 Å². The molecule has 100 valence electrons. The van der Waals surface area contributed by atoms with Crippen LogP contribution in [0.25, 0.3) is 0 Å². The zero-order valence-corrected chi connectivity index (χ0v) is 11.8. The topological polar surface area (TPSA) is 32.7 Å². The lowest BCUT2D eigenvalue weighted by Gasteiger charge is -2.45. The minimum absolute atomic E-state index is 0.154. The van der Waals surface area contributed by atoms with Crippen LogP contribution < -0.4 is 0 Å². The predicted molar refractivity (Wildman–Crippen MR) is 72.6 cm³/mol. The molecule has 0 aromatic heterocycles. The van der Waals surface area contributed by atoms with Crippen molar-refractivity contribution in [3.63, 3.8) is 0 Å². The molecule has 0 bridgehead atoms. The second-order valence-electron chi connectivity index (χ2n) is 5.58. The highest BCUT2D eigenvalue weighted by molar-refractivity contribution is 7.99. The Kier molecular flexibility index (Phi) is 4.75. The lowest BCUT2D eigenvalue weighted by atomic mass is 9.85. The van der Waals surface area contributed by atoms with Crippen molar-refractivity contribution in [2.45, 2.75) is 50.4 Å². The average Bonchev–Trinajstić information content (AvgIpc) is 2.29. The van der Waals surface area contributed by atoms with Gasteiger partial charge in [0.05, 0.1) is 11.7 Å². The number of ether oxygens (including phenoxy) is 1. The molecule has 1 N–H and O–H groups in total. The van der Waals surface area contributed by atoms with Gasteiger partial charge in [-0.2, -0.15) is 11.8 Å². The predicted octanol–water partition coefficient (Wildman–Crippen LogP) is 1.74. The normalized spacial score (nSPS) is 30.7. The van der Waals surface area contributed by atoms with Crippen LogP contribution in [0.5, 0.6) is 0 Å². The van der Waals surface area contributed by atoms with Crippen LogP contribution >= 0.6 is 11.8 Å². The smallest absolute Gasteiger partial charge is 0.0713 e. The van der Waals surface area contributed by atoms with E-state index in [1.807, 2.05) is 18.7 Å². The number of nitrogens with zero attached hydrogens (tertiary/aromatic N) is 1. The lowest BCUT2D eigenvalue weighted by molar-refractivity contribution is -0.110. The highest BCUT2D eigenvalue weighted by Gasteiger charge is 2.39. The molecule has 2 rings (SSSR count). The molecule has 0 aliphatic carbocycles. The van der Waals surface area contributed by atoms with Gasteiger partial charge in [-0.15, -0.1) is 0 Å². The Bertz CT molecular complexity index is 236. The molecule has 1 spiro atoms. The van der Waals surface area contributed by atoms with Crippen molar-refractivity contribution in [3.8, 4) is 0 Å². The van der Waals surface area contributed by atoms with Gasteiger partial charge in [0.15, 0.2) is 0 Å². The SMILES string of the molecule is CC(O)CN(C)C1CCOC2(CCSCC2)C1. The van der Waals surface area contributed by atoms with Gasteiger partial charge in [-0.3, -0.25) is 0 Å². The number of hydrogen-bond donors (Lipinski definition) is 1. The maximum atomic E-state index is 9.48. The first kappa shape index (κ1) is 13.7. The number of aliphatic hydroxyl groups is 1. The fourth-order valence-corrected chi connectivity index (χ4v) is 4.27. The molecule has 0 amide bonds. The van der Waals surface area contributed by atoms with Gasteiger partial charge >= 0.3 is 0 Å². The fourth-order valence-electron chi connectivity index (χ4n) is 3.04. The number of likely N-dealkylation sites (N-methyl/N-ethyl adjacent to an activating group) is 1. The molecule has 2 unspecified atom stereocenters. The highest BCUT2D eigenvalue weighted by Crippen LogP contribution is 2.38. The van der Waals surface area contributed by atoms with Gasteiger partial charge in [0, 0.05) is 19.2 Å². The minimum Gasteiger partial charge on any atom is -0.392 e. The standard InChI is InChI=1S/C13H25NO2S/c1-11(15)10-14(2)12-3-6-16-13(9-12)4-7-17-8-5-13/h11-12,15H,3-10H2,1-2H3. The number of hydrogen-bond acceptors (Lipinski definition) is 4. The van der Waals surface area contributed by atoms with Crippen molar-refractivity contribution in [1.29, 1.82) is 0 Å². The summed E-state index contributed by atoms with van der Waals surface area (Å²) in [6.07, 6.45) is 4.43. The molecule has 2 aliphatic heterocycles. The highest BCUT2D eigenvalue weighted by atomic mass is 32.2. The number of rotatable bonds is 3. The van der Waals surface area contributed by atoms with Gasteiger partial charge in [-0.1, -0.05) is 0 Å². The average molecular weight is 259 g/mol.